The van der Waals surface area contributed by atoms with E-state index in [0.717, 1.165) is 32.0 Å². The van der Waals surface area contributed by atoms with E-state index < -0.39 is 85.9 Å². The van der Waals surface area contributed by atoms with E-state index in [-0.39, 0.29) is 57.0 Å². The number of carbonyl (C=O) groups excluding carboxylic acids is 1. The van der Waals surface area contributed by atoms with E-state index in [2.05, 4.69) is 86.5 Å². The largest absolute Gasteiger partial charge is 0.569 e. The minimum atomic E-state index is -6.85. The third kappa shape index (κ3) is 25.3. The van der Waals surface area contributed by atoms with Gasteiger partial charge in [-0.05, 0) is 196 Å². The third-order valence-electron chi connectivity index (χ3n) is 11.5. The van der Waals surface area contributed by atoms with Gasteiger partial charge in [0.25, 0.3) is 5.91 Å². The number of hydrogen-bond donors (Lipinski definition) is 4. The van der Waals surface area contributed by atoms with Gasteiger partial charge in [0.15, 0.2) is 11.5 Å². The van der Waals surface area contributed by atoms with Gasteiger partial charge in [-0.15, -0.1) is 3.63 Å². The van der Waals surface area contributed by atoms with Gasteiger partial charge < -0.3 is 29.8 Å². The van der Waals surface area contributed by atoms with Crippen LogP contribution in [-0.4, -0.2) is 105 Å². The monoisotopic (exact) mass is 1670 g/mol. The summed E-state index contributed by atoms with van der Waals surface area (Å²) in [6.45, 7) is -9.15. The zero-order chi connectivity index (χ0) is 85.1. The van der Waals surface area contributed by atoms with E-state index in [1.54, 1.807) is 95.5 Å². The van der Waals surface area contributed by atoms with Crippen molar-refractivity contribution in [2.75, 3.05) is 0 Å². The molecule has 37 heteroatoms. The number of benzene rings is 4. The number of fused-ring (bicyclic) bond motifs is 1. The van der Waals surface area contributed by atoms with Crippen molar-refractivity contribution >= 4 is 97.4 Å². The lowest BCUT2D eigenvalue weighted by Gasteiger charge is -2.12. The summed E-state index contributed by atoms with van der Waals surface area (Å²) in [6, 6.07) is 53.4. The molecule has 1 radical (unpaired) electrons. The van der Waals surface area contributed by atoms with Crippen LogP contribution in [0.5, 0.6) is 23.0 Å². The number of primary amides is 1. The van der Waals surface area contributed by atoms with Gasteiger partial charge in [0.05, 0.1) is 23.3 Å². The van der Waals surface area contributed by atoms with E-state index in [9.17, 15) is 74.7 Å². The van der Waals surface area contributed by atoms with Gasteiger partial charge in [-0.1, -0.05) is 91.0 Å². The van der Waals surface area contributed by atoms with Crippen molar-refractivity contribution in [3.63, 3.8) is 0 Å². The van der Waals surface area contributed by atoms with Crippen molar-refractivity contribution in [2.45, 2.75) is 43.9 Å². The number of aromatic hydroxyl groups is 2. The second kappa shape index (κ2) is 36.8. The number of hydrogen-bond acceptors (Lipinski definition) is 19. The fourth-order valence-electron chi connectivity index (χ4n) is 7.24. The Balaban J connectivity index is 0.000000245. The van der Waals surface area contributed by atoms with Gasteiger partial charge in [0, 0.05) is 62.1 Å². The van der Waals surface area contributed by atoms with Gasteiger partial charge in [-0.2, -0.15) is 64.8 Å². The predicted molar refractivity (Wildman–Crippen MR) is 367 cm³/mol. The van der Waals surface area contributed by atoms with Gasteiger partial charge in [-0.25, -0.2) is 15.0 Å². The molecule has 5 N–H and O–H groups in total. The molecule has 0 unspecified atom stereocenters. The van der Waals surface area contributed by atoms with Crippen LogP contribution in [0.4, 0.5) is 39.5 Å². The quantitative estimate of drug-likeness (QED) is 0.0307. The maximum absolute atomic E-state index is 12.5. The van der Waals surface area contributed by atoms with Gasteiger partial charge in [-0.3, -0.25) is 24.1 Å². The molecule has 4 aromatic carbocycles. The number of amides is 1. The van der Waals surface area contributed by atoms with Gasteiger partial charge >= 0.3 is 54.6 Å². The Labute approximate surface area is 614 Å². The smallest absolute Gasteiger partial charge is 0.535 e. The number of carbonyl (C=O) groups is 1. The number of nitrogens with zero attached hydrogens (tertiary/aromatic N) is 7. The zero-order valence-electron chi connectivity index (χ0n) is 62.2. The molecule has 0 fully saturated rings. The molecule has 0 saturated carbocycles. The van der Waals surface area contributed by atoms with Crippen molar-refractivity contribution in [2.24, 2.45) is 5.73 Å². The Morgan fingerprint density at radius 2 is 0.871 bits per heavy atom. The summed E-state index contributed by atoms with van der Waals surface area (Å²) >= 11 is 9.54. The Morgan fingerprint density at radius 3 is 1.30 bits per heavy atom. The summed E-state index contributed by atoms with van der Waals surface area (Å²) in [5.41, 5.74) is -7.99. The summed E-state index contributed by atoms with van der Waals surface area (Å²) in [7, 11) is -19.0. The number of aryl methyl sites for hydroxylation is 4. The molecule has 0 aliphatic rings. The molecular weight excluding hydrogens is 1610 g/mol. The van der Waals surface area contributed by atoms with Crippen LogP contribution in [0.25, 0.3) is 50.5 Å². The number of nitrogens with two attached hydrogens (primary N) is 1. The molecule has 11 rings (SSSR count). The van der Waals surface area contributed by atoms with Crippen LogP contribution in [0.2, 0.25) is 0 Å². The van der Waals surface area contributed by atoms with Crippen LogP contribution < -0.4 is 14.6 Å². The molecule has 0 aliphatic heterocycles. The Hall–Kier alpha value is -9.37. The second-order valence-corrected chi connectivity index (χ2v) is 25.9. The standard InChI is InChI=1S/C20H16N4O.C13H10F3NO3S.C12H11NO.C6H6BO3.C6H6BrN.C5H3Br2N.C2F6O5S2/c1-13-5-4-8-17(23-13)16-7-3-2-6-15(16)14-9-10-19-22-11-18(20(21)25)24(19)12-14;1-9-5-4-7-11(17-9)10-6-2-3-8-12(10)20-21(18,19)13(14,15)16;1-9-5-4-7-11(13-9)10-6-2-3-8-12(10)14;8-5-3-1-2-4-6(5)10-7-9;1-5-3-2-4-6(7)8-5;6-4-2-1-3-5(7)8-4;3-1(4,5)14(9,10)13-15(11,12)2(6,7)8/h2-12H,1H3,(H2,21,25);2-8H,1H3;2-8,14H,1H3;1-4,8-9H;2-4H,1H3;1-3H;/i3*1D3;;1D3;;. The van der Waals surface area contributed by atoms with Gasteiger partial charge in [0.1, 0.15) is 36.6 Å². The minimum Gasteiger partial charge on any atom is -0.535 e. The number of imidazole rings is 1. The molecule has 1 amide bonds. The maximum Gasteiger partial charge on any atom is 0.569 e. The predicted octanol–water partition coefficient (Wildman–Crippen LogP) is 15.3. The fraction of sp³-hybridized carbons (Fsp3) is 0.109. The summed E-state index contributed by atoms with van der Waals surface area (Å²) < 4.78 is 270. The van der Waals surface area contributed by atoms with E-state index in [1.165, 1.54) is 66.9 Å². The fourth-order valence-corrected chi connectivity index (χ4v) is 10.5. The molecular formula is C64H52BBr3F9N8O13S3. The average Bonchev–Trinajstić information content (AvgIpc) is 1.73. The molecule has 21 nitrogen and oxygen atoms in total. The number of para-hydroxylation sites is 4. The van der Waals surface area contributed by atoms with E-state index in [4.69, 9.17) is 32.3 Å². The van der Waals surface area contributed by atoms with Crippen molar-refractivity contribution < 1.29 is 114 Å². The first-order chi connectivity index (χ1) is 52.1. The normalized spacial score (nSPS) is 13.5. The molecule has 0 spiro atoms. The highest BCUT2D eigenvalue weighted by molar-refractivity contribution is 9.11. The zero-order valence-corrected chi connectivity index (χ0v) is 57.4. The first-order valence-corrected chi connectivity index (χ1v) is 33.5. The maximum atomic E-state index is 12.5. The first-order valence-electron chi connectivity index (χ1n) is 32.9. The second-order valence-electron chi connectivity index (χ2n) is 18.6. The third-order valence-corrected chi connectivity index (χ3v) is 16.4. The highest BCUT2D eigenvalue weighted by Gasteiger charge is 2.57. The summed E-state index contributed by atoms with van der Waals surface area (Å²) in [5, 5.41) is 26.8. The molecule has 7 heterocycles. The Morgan fingerprint density at radius 1 is 0.475 bits per heavy atom. The van der Waals surface area contributed by atoms with Crippen LogP contribution in [0.1, 0.15) is 49.7 Å². The Kier molecular flexibility index (Phi) is 23.7. The number of aromatic nitrogens is 7. The van der Waals surface area contributed by atoms with Crippen molar-refractivity contribution in [1.82, 2.24) is 34.3 Å². The minimum absolute atomic E-state index is 0.00722. The van der Waals surface area contributed by atoms with E-state index in [1.807, 2.05) is 52.2 Å². The molecule has 0 aliphatic carbocycles. The number of pyridine rings is 6. The highest BCUT2D eigenvalue weighted by atomic mass is 79.9. The lowest BCUT2D eigenvalue weighted by Crippen LogP contribution is -2.34. The lowest BCUT2D eigenvalue weighted by molar-refractivity contribution is -0.0586. The molecule has 0 atom stereocenters. The van der Waals surface area contributed by atoms with Crippen LogP contribution in [0.3, 0.4) is 0 Å². The molecule has 0 saturated heterocycles. The van der Waals surface area contributed by atoms with Crippen molar-refractivity contribution in [3.05, 3.63) is 255 Å². The molecule has 101 heavy (non-hydrogen) atoms. The van der Waals surface area contributed by atoms with Crippen LogP contribution in [0, 0.1) is 27.4 Å². The number of alkyl halides is 9. The van der Waals surface area contributed by atoms with Crippen LogP contribution in [-0.2, 0) is 34.0 Å². The number of phenolic OH excluding ortho intramolecular Hbond substituents is 2. The van der Waals surface area contributed by atoms with Crippen molar-refractivity contribution in [1.29, 1.82) is 0 Å². The molecule has 11 aromatic rings. The summed E-state index contributed by atoms with van der Waals surface area (Å²) in [6.07, 6.45) is 3.23. The van der Waals surface area contributed by atoms with E-state index >= 15 is 0 Å². The number of rotatable bonds is 11. The topological polar surface area (TPSA) is 316 Å². The van der Waals surface area contributed by atoms with Crippen molar-refractivity contribution in [3.8, 4) is 67.9 Å². The van der Waals surface area contributed by atoms with Gasteiger partial charge in [0.2, 0.25) is 0 Å². The first kappa shape index (κ1) is 65.0. The SMILES string of the molecule is Brc1cccc(Br)n1.O=S(=O)(OS(=O)(=O)C(F)(F)F)C(F)(F)F.O[B]Oc1ccccc1O.[2H]C([2H])([2H])c1cccc(-c2ccccc2-c2ccc3ncc(C(N)=O)n3c2)n1.[2H]C([2H])([2H])c1cccc(-c2ccccc2O)n1.[2H]C([2H])([2H])c1cccc(-c2ccccc2OS(=O)(=O)C(F)(F)F)n1.[2H]C([2H])([2H])c1cccc(Br)n1. The average molecular weight is 1670 g/mol. The van der Waals surface area contributed by atoms with E-state index in [0.29, 0.717) is 34.9 Å². The Bertz CT molecular complexity index is 5400. The molecule has 531 valence electrons. The molecule has 7 aromatic heterocycles. The highest BCUT2D eigenvalue weighted by Crippen LogP contribution is 2.36. The lowest BCUT2D eigenvalue weighted by atomic mass is 9.98. The number of halogens is 12. The van der Waals surface area contributed by atoms with Crippen LogP contribution in [0.15, 0.2) is 226 Å². The number of phenols is 2. The molecule has 0 bridgehead atoms. The summed E-state index contributed by atoms with van der Waals surface area (Å²) in [5.74, 6) is -0.838. The summed E-state index contributed by atoms with van der Waals surface area (Å²) in [4.78, 5) is 35.9. The van der Waals surface area contributed by atoms with Crippen LogP contribution >= 0.6 is 47.8 Å².